The lowest BCUT2D eigenvalue weighted by atomic mass is 9.49. The third-order valence-corrected chi connectivity index (χ3v) is 8.83. The maximum Gasteiger partial charge on any atom is 0.150 e. The molecular formula is C21H35NO2. The normalized spacial score (nSPS) is 53.8. The van der Waals surface area contributed by atoms with Crippen LogP contribution in [0.15, 0.2) is 0 Å². The summed E-state index contributed by atoms with van der Waals surface area (Å²) in [5.74, 6) is 4.51. The van der Waals surface area contributed by atoms with Gasteiger partial charge >= 0.3 is 0 Å². The molecule has 0 unspecified atom stereocenters. The Bertz CT molecular complexity index is 516. The number of carbonyl (C=O) groups excluding carboxylic acids is 1. The minimum atomic E-state index is -0.427. The van der Waals surface area contributed by atoms with Crippen LogP contribution in [0.4, 0.5) is 0 Å². The van der Waals surface area contributed by atoms with Crippen molar-refractivity contribution in [3.05, 3.63) is 0 Å². The molecule has 4 aliphatic rings. The van der Waals surface area contributed by atoms with Crippen molar-refractivity contribution in [1.82, 2.24) is 0 Å². The van der Waals surface area contributed by atoms with Gasteiger partial charge in [-0.2, -0.15) is 0 Å². The topological polar surface area (TPSA) is 63.3 Å². The maximum absolute atomic E-state index is 12.4. The molecule has 4 rings (SSSR count). The Labute approximate surface area is 146 Å². The van der Waals surface area contributed by atoms with Crippen LogP contribution in [-0.4, -0.2) is 23.0 Å². The predicted molar refractivity (Wildman–Crippen MR) is 95.3 cm³/mol. The fourth-order valence-corrected chi connectivity index (χ4v) is 7.75. The second kappa shape index (κ2) is 5.81. The van der Waals surface area contributed by atoms with Gasteiger partial charge in [-0.1, -0.05) is 6.92 Å². The minimum absolute atomic E-state index is 0.213. The first-order valence-corrected chi connectivity index (χ1v) is 10.3. The van der Waals surface area contributed by atoms with Crippen LogP contribution < -0.4 is 5.73 Å². The number of hydrogen-bond donors (Lipinski definition) is 2. The smallest absolute Gasteiger partial charge is 0.150 e. The van der Waals surface area contributed by atoms with E-state index in [4.69, 9.17) is 5.73 Å². The Morgan fingerprint density at radius 3 is 2.50 bits per heavy atom. The lowest BCUT2D eigenvalue weighted by Gasteiger charge is -2.56. The van der Waals surface area contributed by atoms with Gasteiger partial charge in [0.1, 0.15) is 5.78 Å². The quantitative estimate of drug-likeness (QED) is 0.812. The van der Waals surface area contributed by atoms with Gasteiger partial charge in [-0.3, -0.25) is 4.79 Å². The molecule has 4 saturated carbocycles. The highest BCUT2D eigenvalue weighted by Crippen LogP contribution is 2.64. The number of fused-ring (bicyclic) bond motifs is 5. The van der Waals surface area contributed by atoms with E-state index in [1.54, 1.807) is 0 Å². The van der Waals surface area contributed by atoms with Gasteiger partial charge in [0, 0.05) is 5.92 Å². The summed E-state index contributed by atoms with van der Waals surface area (Å²) in [6, 6.07) is 0. The Hall–Kier alpha value is -0.410. The van der Waals surface area contributed by atoms with E-state index in [0.29, 0.717) is 5.78 Å². The summed E-state index contributed by atoms with van der Waals surface area (Å²) in [5.41, 5.74) is 5.49. The van der Waals surface area contributed by atoms with Crippen LogP contribution in [0.2, 0.25) is 0 Å². The minimum Gasteiger partial charge on any atom is -0.390 e. The molecular weight excluding hydrogens is 298 g/mol. The molecule has 0 aromatic heterocycles. The summed E-state index contributed by atoms with van der Waals surface area (Å²) in [6.45, 7) is 4.66. The lowest BCUT2D eigenvalue weighted by Crippen LogP contribution is -2.51. The average Bonchev–Trinajstić information content (AvgIpc) is 2.90. The zero-order valence-corrected chi connectivity index (χ0v) is 15.5. The first-order chi connectivity index (χ1) is 11.4. The zero-order valence-electron chi connectivity index (χ0n) is 15.5. The fraction of sp³-hybridized carbons (Fsp3) is 0.952. The van der Waals surface area contributed by atoms with E-state index < -0.39 is 5.60 Å². The van der Waals surface area contributed by atoms with E-state index in [-0.39, 0.29) is 17.9 Å². The van der Waals surface area contributed by atoms with E-state index in [0.717, 1.165) is 48.9 Å². The van der Waals surface area contributed by atoms with Crippen LogP contribution in [0, 0.1) is 40.9 Å². The molecule has 0 bridgehead atoms. The molecule has 3 nitrogen and oxygen atoms in total. The standard InChI is InChI=1S/C21H35NO2/c1-20(24)9-7-14-13(11-20)3-4-16-15(14)8-10-21(2)17(16)5-6-18(21)19(23)12-22/h13-18,24H,3-12,22H2,1-2H3/t13-,14-,15+,16+,17-,18+,20+,21-/m0/s1. The number of nitrogens with two attached hydrogens (primary N) is 1. The monoisotopic (exact) mass is 333 g/mol. The van der Waals surface area contributed by atoms with Crippen LogP contribution in [0.3, 0.4) is 0 Å². The third-order valence-electron chi connectivity index (χ3n) is 8.83. The lowest BCUT2D eigenvalue weighted by molar-refractivity contribution is -0.131. The van der Waals surface area contributed by atoms with Gasteiger partial charge in [0.05, 0.1) is 12.1 Å². The first-order valence-electron chi connectivity index (χ1n) is 10.3. The molecule has 4 fully saturated rings. The number of ketones is 1. The summed E-state index contributed by atoms with van der Waals surface area (Å²) >= 11 is 0. The van der Waals surface area contributed by atoms with Crippen LogP contribution in [0.1, 0.15) is 71.6 Å². The molecule has 0 aromatic carbocycles. The van der Waals surface area contributed by atoms with Gasteiger partial charge in [-0.15, -0.1) is 0 Å². The molecule has 0 amide bonds. The zero-order chi connectivity index (χ0) is 17.1. The van der Waals surface area contributed by atoms with Crippen molar-refractivity contribution in [1.29, 1.82) is 0 Å². The van der Waals surface area contributed by atoms with Crippen molar-refractivity contribution >= 4 is 5.78 Å². The number of hydrogen-bond acceptors (Lipinski definition) is 3. The highest BCUT2D eigenvalue weighted by atomic mass is 16.3. The van der Waals surface area contributed by atoms with Crippen molar-refractivity contribution in [2.75, 3.05) is 6.54 Å². The Morgan fingerprint density at radius 1 is 1.00 bits per heavy atom. The van der Waals surface area contributed by atoms with Gasteiger partial charge in [0.2, 0.25) is 0 Å². The van der Waals surface area contributed by atoms with Crippen molar-refractivity contribution in [3.63, 3.8) is 0 Å². The molecule has 8 atom stereocenters. The van der Waals surface area contributed by atoms with Crippen LogP contribution in [-0.2, 0) is 4.79 Å². The van der Waals surface area contributed by atoms with Crippen LogP contribution in [0.5, 0.6) is 0 Å². The van der Waals surface area contributed by atoms with E-state index >= 15 is 0 Å². The molecule has 0 saturated heterocycles. The molecule has 0 aromatic rings. The van der Waals surface area contributed by atoms with Gasteiger partial charge in [0.25, 0.3) is 0 Å². The Balaban J connectivity index is 1.54. The van der Waals surface area contributed by atoms with Crippen LogP contribution in [0.25, 0.3) is 0 Å². The molecule has 0 heterocycles. The molecule has 24 heavy (non-hydrogen) atoms. The molecule has 0 spiro atoms. The van der Waals surface area contributed by atoms with E-state index in [9.17, 15) is 9.90 Å². The van der Waals surface area contributed by atoms with Crippen molar-refractivity contribution in [3.8, 4) is 0 Å². The van der Waals surface area contributed by atoms with Crippen molar-refractivity contribution < 1.29 is 9.90 Å². The number of Topliss-reactive ketones (excluding diaryl/α,β-unsaturated/α-hetero) is 1. The second-order valence-corrected chi connectivity index (χ2v) is 10.0. The maximum atomic E-state index is 12.4. The van der Waals surface area contributed by atoms with Gasteiger partial charge < -0.3 is 10.8 Å². The summed E-state index contributed by atoms with van der Waals surface area (Å²) in [6.07, 6.45) is 10.7. The van der Waals surface area contributed by atoms with E-state index in [2.05, 4.69) is 6.92 Å². The molecule has 4 aliphatic carbocycles. The molecule has 0 radical (unpaired) electrons. The van der Waals surface area contributed by atoms with Crippen LogP contribution >= 0.6 is 0 Å². The molecule has 3 N–H and O–H groups in total. The van der Waals surface area contributed by atoms with Crippen molar-refractivity contribution in [2.45, 2.75) is 77.2 Å². The summed E-state index contributed by atoms with van der Waals surface area (Å²) in [4.78, 5) is 12.4. The Kier molecular flexibility index (Phi) is 4.12. The fourth-order valence-electron chi connectivity index (χ4n) is 7.75. The molecule has 136 valence electrons. The SMILES string of the molecule is C[C@@]1(O)CC[C@H]2[C@@H](CC[C@@H]3[C@@H]2CC[C@]2(C)[C@@H](C(=O)CN)CC[C@@H]32)C1. The molecule has 0 aliphatic heterocycles. The number of carbonyl (C=O) groups is 1. The molecule has 3 heteroatoms. The van der Waals surface area contributed by atoms with E-state index in [1.165, 1.54) is 38.5 Å². The highest BCUT2D eigenvalue weighted by molar-refractivity contribution is 5.83. The average molecular weight is 334 g/mol. The summed E-state index contributed by atoms with van der Waals surface area (Å²) < 4.78 is 0. The first kappa shape index (κ1) is 17.0. The Morgan fingerprint density at radius 2 is 1.75 bits per heavy atom. The number of rotatable bonds is 2. The van der Waals surface area contributed by atoms with Crippen molar-refractivity contribution in [2.24, 2.45) is 46.7 Å². The van der Waals surface area contributed by atoms with Gasteiger partial charge in [-0.25, -0.2) is 0 Å². The van der Waals surface area contributed by atoms with Gasteiger partial charge in [-0.05, 0) is 99.7 Å². The van der Waals surface area contributed by atoms with E-state index in [1.807, 2.05) is 6.92 Å². The number of aliphatic hydroxyl groups is 1. The highest BCUT2D eigenvalue weighted by Gasteiger charge is 2.58. The third kappa shape index (κ3) is 2.49. The summed E-state index contributed by atoms with van der Waals surface area (Å²) in [5, 5.41) is 10.5. The largest absolute Gasteiger partial charge is 0.390 e. The van der Waals surface area contributed by atoms with Gasteiger partial charge in [0.15, 0.2) is 0 Å². The predicted octanol–water partition coefficient (Wildman–Crippen LogP) is 3.53. The summed E-state index contributed by atoms with van der Waals surface area (Å²) in [7, 11) is 0. The second-order valence-electron chi connectivity index (χ2n) is 10.0.